The number of nitrogens with zero attached hydrogens (tertiary/aromatic N) is 2. The smallest absolute Gasteiger partial charge is 0.348 e. The molecule has 3 rings (SSSR count). The van der Waals surface area contributed by atoms with Crippen molar-refractivity contribution < 1.29 is 18.7 Å². The van der Waals surface area contributed by atoms with Crippen molar-refractivity contribution in [3.63, 3.8) is 0 Å². The fourth-order valence-electron chi connectivity index (χ4n) is 2.30. The summed E-state index contributed by atoms with van der Waals surface area (Å²) >= 11 is 1.38. The van der Waals surface area contributed by atoms with Crippen molar-refractivity contribution in [1.82, 2.24) is 10.2 Å². The van der Waals surface area contributed by atoms with E-state index in [4.69, 9.17) is 9.15 Å². The first-order chi connectivity index (χ1) is 12.6. The first kappa shape index (κ1) is 17.8. The fourth-order valence-corrected chi connectivity index (χ4v) is 3.31. The second-order valence-corrected chi connectivity index (χ2v) is 6.61. The monoisotopic (exact) mass is 371 g/mol. The first-order valence-corrected chi connectivity index (χ1v) is 8.83. The Morgan fingerprint density at radius 2 is 2.00 bits per heavy atom. The van der Waals surface area contributed by atoms with Crippen LogP contribution in [0.15, 0.2) is 40.8 Å². The van der Waals surface area contributed by atoms with Crippen molar-refractivity contribution in [2.75, 3.05) is 11.9 Å². The minimum Gasteiger partial charge on any atom is -0.451 e. The van der Waals surface area contributed by atoms with E-state index in [-0.39, 0.29) is 6.01 Å². The van der Waals surface area contributed by atoms with Gasteiger partial charge < -0.3 is 9.15 Å². The molecule has 134 valence electrons. The maximum atomic E-state index is 12.0. The molecule has 0 bridgehead atoms. The number of ether oxygens (including phenoxy) is 1. The van der Waals surface area contributed by atoms with Gasteiger partial charge in [0.1, 0.15) is 4.88 Å². The van der Waals surface area contributed by atoms with E-state index in [9.17, 15) is 9.59 Å². The molecule has 1 aromatic carbocycles. The number of amides is 1. The van der Waals surface area contributed by atoms with E-state index in [0.29, 0.717) is 10.8 Å². The van der Waals surface area contributed by atoms with Crippen LogP contribution in [0.5, 0.6) is 0 Å². The standard InChI is InChI=1S/C18H17N3O4S/c1-3-13-11(2)9-14(26-13)17(23)24-10-15(22)19-18-21-20-16(25-18)12-7-5-4-6-8-12/h4-9H,3,10H2,1-2H3,(H,19,21,22). The Bertz CT molecular complexity index is 918. The molecule has 8 heteroatoms. The summed E-state index contributed by atoms with van der Waals surface area (Å²) in [5.74, 6) is -0.784. The Labute approximate surface area is 154 Å². The van der Waals surface area contributed by atoms with Crippen LogP contribution >= 0.6 is 11.3 Å². The summed E-state index contributed by atoms with van der Waals surface area (Å²) in [6.07, 6.45) is 0.852. The van der Waals surface area contributed by atoms with Crippen LogP contribution in [0.4, 0.5) is 6.01 Å². The van der Waals surface area contributed by atoms with Gasteiger partial charge in [-0.15, -0.1) is 16.4 Å². The molecule has 0 unspecified atom stereocenters. The normalized spacial score (nSPS) is 10.5. The van der Waals surface area contributed by atoms with Gasteiger partial charge in [-0.3, -0.25) is 10.1 Å². The largest absolute Gasteiger partial charge is 0.451 e. The second-order valence-electron chi connectivity index (χ2n) is 5.47. The molecule has 0 spiro atoms. The van der Waals surface area contributed by atoms with Gasteiger partial charge in [0.05, 0.1) is 0 Å². The van der Waals surface area contributed by atoms with Crippen LogP contribution in [0, 0.1) is 6.92 Å². The Morgan fingerprint density at radius 1 is 1.23 bits per heavy atom. The molecule has 3 aromatic rings. The summed E-state index contributed by atoms with van der Waals surface area (Å²) in [5, 5.41) is 10.0. The third kappa shape index (κ3) is 4.15. The summed E-state index contributed by atoms with van der Waals surface area (Å²) in [5.41, 5.74) is 1.79. The summed E-state index contributed by atoms with van der Waals surface area (Å²) < 4.78 is 10.4. The highest BCUT2D eigenvalue weighted by molar-refractivity contribution is 7.14. The van der Waals surface area contributed by atoms with Crippen molar-refractivity contribution in [1.29, 1.82) is 0 Å². The van der Waals surface area contributed by atoms with Crippen molar-refractivity contribution in [3.8, 4) is 11.5 Å². The molecule has 0 radical (unpaired) electrons. The number of benzene rings is 1. The number of carbonyl (C=O) groups excluding carboxylic acids is 2. The predicted molar refractivity (Wildman–Crippen MR) is 97.1 cm³/mol. The number of aryl methyl sites for hydroxylation is 2. The maximum Gasteiger partial charge on any atom is 0.348 e. The number of nitrogens with one attached hydrogen (secondary N) is 1. The van der Waals surface area contributed by atoms with E-state index in [1.54, 1.807) is 6.07 Å². The fraction of sp³-hybridized carbons (Fsp3) is 0.222. The molecule has 1 N–H and O–H groups in total. The van der Waals surface area contributed by atoms with Gasteiger partial charge in [0, 0.05) is 10.4 Å². The van der Waals surface area contributed by atoms with Crippen LogP contribution in [-0.4, -0.2) is 28.7 Å². The number of hydrogen-bond acceptors (Lipinski definition) is 7. The van der Waals surface area contributed by atoms with Crippen molar-refractivity contribution in [2.24, 2.45) is 0 Å². The van der Waals surface area contributed by atoms with E-state index in [2.05, 4.69) is 15.5 Å². The minimum absolute atomic E-state index is 0.0508. The molecule has 0 saturated carbocycles. The van der Waals surface area contributed by atoms with Crippen LogP contribution in [0.2, 0.25) is 0 Å². The zero-order valence-corrected chi connectivity index (χ0v) is 15.1. The molecule has 0 aliphatic carbocycles. The molecule has 0 aliphatic rings. The molecular formula is C18H17N3O4S. The lowest BCUT2D eigenvalue weighted by Gasteiger charge is -2.02. The molecule has 2 heterocycles. The highest BCUT2D eigenvalue weighted by Gasteiger charge is 2.16. The van der Waals surface area contributed by atoms with Gasteiger partial charge in [0.25, 0.3) is 5.91 Å². The van der Waals surface area contributed by atoms with E-state index in [1.807, 2.05) is 44.2 Å². The van der Waals surface area contributed by atoms with Crippen LogP contribution in [0.1, 0.15) is 27.0 Å². The summed E-state index contributed by atoms with van der Waals surface area (Å²) in [7, 11) is 0. The Hall–Kier alpha value is -3.00. The van der Waals surface area contributed by atoms with Gasteiger partial charge in [-0.1, -0.05) is 30.2 Å². The molecule has 0 aliphatic heterocycles. The van der Waals surface area contributed by atoms with Crippen LogP contribution in [-0.2, 0) is 16.0 Å². The first-order valence-electron chi connectivity index (χ1n) is 8.02. The van der Waals surface area contributed by atoms with E-state index in [0.717, 1.165) is 22.4 Å². The third-order valence-corrected chi connectivity index (χ3v) is 4.93. The maximum absolute atomic E-state index is 12.0. The van der Waals surface area contributed by atoms with Crippen molar-refractivity contribution in [2.45, 2.75) is 20.3 Å². The number of anilines is 1. The van der Waals surface area contributed by atoms with Gasteiger partial charge in [-0.2, -0.15) is 0 Å². The Balaban J connectivity index is 1.54. The topological polar surface area (TPSA) is 94.3 Å². The average Bonchev–Trinajstić information content (AvgIpc) is 3.27. The Kier molecular flexibility index (Phi) is 5.43. The molecule has 2 aromatic heterocycles. The van der Waals surface area contributed by atoms with Gasteiger partial charge in [-0.05, 0) is 37.1 Å². The highest BCUT2D eigenvalue weighted by Crippen LogP contribution is 2.23. The summed E-state index contributed by atoms with van der Waals surface area (Å²) in [4.78, 5) is 25.5. The molecule has 0 fully saturated rings. The zero-order chi connectivity index (χ0) is 18.5. The number of thiophene rings is 1. The van der Waals surface area contributed by atoms with Gasteiger partial charge >= 0.3 is 12.0 Å². The highest BCUT2D eigenvalue weighted by atomic mass is 32.1. The van der Waals surface area contributed by atoms with Crippen LogP contribution in [0.25, 0.3) is 11.5 Å². The van der Waals surface area contributed by atoms with E-state index in [1.165, 1.54) is 11.3 Å². The van der Waals surface area contributed by atoms with E-state index < -0.39 is 18.5 Å². The molecular weight excluding hydrogens is 354 g/mol. The van der Waals surface area contributed by atoms with Crippen molar-refractivity contribution >= 4 is 29.2 Å². The lowest BCUT2D eigenvalue weighted by Crippen LogP contribution is -2.20. The zero-order valence-electron chi connectivity index (χ0n) is 14.3. The molecule has 1 amide bonds. The summed E-state index contributed by atoms with van der Waals surface area (Å²) in [6.45, 7) is 3.54. The SMILES string of the molecule is CCc1sc(C(=O)OCC(=O)Nc2nnc(-c3ccccc3)o2)cc1C. The van der Waals surface area contributed by atoms with E-state index >= 15 is 0 Å². The lowest BCUT2D eigenvalue weighted by molar-refractivity contribution is -0.119. The number of hydrogen-bond donors (Lipinski definition) is 1. The van der Waals surface area contributed by atoms with Gasteiger partial charge in [-0.25, -0.2) is 4.79 Å². The number of aromatic nitrogens is 2. The predicted octanol–water partition coefficient (Wildman–Crippen LogP) is 3.46. The average molecular weight is 371 g/mol. The van der Waals surface area contributed by atoms with Crippen molar-refractivity contribution in [3.05, 3.63) is 51.7 Å². The van der Waals surface area contributed by atoms with Gasteiger partial charge in [0.15, 0.2) is 6.61 Å². The Morgan fingerprint density at radius 3 is 2.69 bits per heavy atom. The molecule has 7 nitrogen and oxygen atoms in total. The second kappa shape index (κ2) is 7.92. The minimum atomic E-state index is -0.550. The number of carbonyl (C=O) groups is 2. The third-order valence-electron chi connectivity index (χ3n) is 3.57. The lowest BCUT2D eigenvalue weighted by atomic mass is 10.2. The van der Waals surface area contributed by atoms with Gasteiger partial charge in [0.2, 0.25) is 5.89 Å². The van der Waals surface area contributed by atoms with Crippen LogP contribution in [0.3, 0.4) is 0 Å². The van der Waals surface area contributed by atoms with Crippen LogP contribution < -0.4 is 5.32 Å². The molecule has 0 saturated heterocycles. The molecule has 0 atom stereocenters. The number of rotatable bonds is 6. The summed E-state index contributed by atoms with van der Waals surface area (Å²) in [6, 6.07) is 10.9. The molecule has 26 heavy (non-hydrogen) atoms. The quantitative estimate of drug-likeness (QED) is 0.667. The number of esters is 1.